The van der Waals surface area contributed by atoms with Crippen LogP contribution in [0.25, 0.3) is 0 Å². The molecular formula is C26H25ClF2N2O2S. The van der Waals surface area contributed by atoms with Crippen molar-refractivity contribution >= 4 is 35.2 Å². The van der Waals surface area contributed by atoms with Crippen molar-refractivity contribution in [3.63, 3.8) is 0 Å². The Hall–Kier alpha value is -2.90. The van der Waals surface area contributed by atoms with E-state index in [2.05, 4.69) is 5.32 Å². The monoisotopic (exact) mass is 502 g/mol. The molecule has 0 aliphatic rings. The van der Waals surface area contributed by atoms with Gasteiger partial charge in [-0.2, -0.15) is 0 Å². The molecule has 3 aromatic rings. The van der Waals surface area contributed by atoms with E-state index in [4.69, 9.17) is 11.6 Å². The zero-order valence-electron chi connectivity index (χ0n) is 18.6. The number of halogens is 3. The summed E-state index contributed by atoms with van der Waals surface area (Å²) in [5.74, 6) is -1.44. The summed E-state index contributed by atoms with van der Waals surface area (Å²) >= 11 is 7.28. The fraction of sp³-hybridized carbons (Fsp3) is 0.231. The second kappa shape index (κ2) is 12.5. The maximum absolute atomic E-state index is 14.4. The Kier molecular flexibility index (Phi) is 9.48. The van der Waals surface area contributed by atoms with Crippen molar-refractivity contribution in [2.75, 3.05) is 12.8 Å². The van der Waals surface area contributed by atoms with Crippen molar-refractivity contribution in [2.24, 2.45) is 0 Å². The third kappa shape index (κ3) is 6.81. The Morgan fingerprint density at radius 2 is 1.65 bits per heavy atom. The molecule has 0 aromatic heterocycles. The van der Waals surface area contributed by atoms with Crippen LogP contribution in [0.5, 0.6) is 0 Å². The number of thioether (sulfide) groups is 1. The average molecular weight is 503 g/mol. The Morgan fingerprint density at radius 1 is 0.971 bits per heavy atom. The second-order valence-corrected chi connectivity index (χ2v) is 9.02. The van der Waals surface area contributed by atoms with Gasteiger partial charge >= 0.3 is 0 Å². The molecule has 0 fully saturated rings. The van der Waals surface area contributed by atoms with Crippen LogP contribution in [0, 0.1) is 11.6 Å². The van der Waals surface area contributed by atoms with Crippen LogP contribution in [0.15, 0.2) is 72.8 Å². The average Bonchev–Trinajstić information content (AvgIpc) is 2.84. The van der Waals surface area contributed by atoms with Gasteiger partial charge in [-0.1, -0.05) is 66.2 Å². The van der Waals surface area contributed by atoms with E-state index < -0.39 is 17.7 Å². The van der Waals surface area contributed by atoms with Gasteiger partial charge in [-0.05, 0) is 23.8 Å². The van der Waals surface area contributed by atoms with E-state index in [0.717, 1.165) is 5.56 Å². The minimum Gasteiger partial charge on any atom is -0.357 e. The van der Waals surface area contributed by atoms with Gasteiger partial charge in [0.25, 0.3) is 0 Å². The lowest BCUT2D eigenvalue weighted by atomic mass is 10.0. The molecule has 1 atom stereocenters. The van der Waals surface area contributed by atoms with E-state index in [9.17, 15) is 18.4 Å². The molecule has 0 spiro atoms. The van der Waals surface area contributed by atoms with E-state index in [-0.39, 0.29) is 41.3 Å². The molecule has 2 amide bonds. The number of amides is 2. The fourth-order valence-electron chi connectivity index (χ4n) is 3.52. The number of nitrogens with one attached hydrogen (secondary N) is 1. The lowest BCUT2D eigenvalue weighted by Gasteiger charge is -2.31. The number of hydrogen-bond donors (Lipinski definition) is 1. The third-order valence-corrected chi connectivity index (χ3v) is 6.65. The van der Waals surface area contributed by atoms with E-state index in [1.54, 1.807) is 24.3 Å². The fourth-order valence-corrected chi connectivity index (χ4v) is 4.77. The van der Waals surface area contributed by atoms with Crippen LogP contribution in [0.1, 0.15) is 16.7 Å². The molecule has 0 aliphatic heterocycles. The molecule has 178 valence electrons. The van der Waals surface area contributed by atoms with E-state index >= 15 is 0 Å². The number of hydrogen-bond acceptors (Lipinski definition) is 3. The van der Waals surface area contributed by atoms with Crippen molar-refractivity contribution in [1.82, 2.24) is 10.2 Å². The van der Waals surface area contributed by atoms with Gasteiger partial charge in [-0.3, -0.25) is 9.59 Å². The Morgan fingerprint density at radius 3 is 2.32 bits per heavy atom. The first kappa shape index (κ1) is 25.7. The van der Waals surface area contributed by atoms with Gasteiger partial charge < -0.3 is 10.2 Å². The number of benzene rings is 3. The first-order valence-corrected chi connectivity index (χ1v) is 12.2. The normalized spacial score (nSPS) is 11.6. The summed E-state index contributed by atoms with van der Waals surface area (Å²) in [6, 6.07) is 19.1. The lowest BCUT2D eigenvalue weighted by Crippen LogP contribution is -2.50. The number of rotatable bonds is 10. The number of likely N-dealkylation sites (N-methyl/N-ethyl adjacent to an activating group) is 1. The summed E-state index contributed by atoms with van der Waals surface area (Å²) < 4.78 is 28.5. The number of carbonyl (C=O) groups excluding carboxylic acids is 2. The SMILES string of the molecule is CNC(=O)[C@@H](Cc1ccccc1)N(Cc1ccccc1F)C(=O)CSCc1c(F)cccc1Cl. The minimum absolute atomic E-state index is 0.0264. The lowest BCUT2D eigenvalue weighted by molar-refractivity contribution is -0.139. The molecule has 3 rings (SSSR count). The Bertz CT molecular complexity index is 1110. The van der Waals surface area contributed by atoms with Crippen LogP contribution in [0.2, 0.25) is 5.02 Å². The van der Waals surface area contributed by atoms with E-state index in [1.807, 2.05) is 30.3 Å². The quantitative estimate of drug-likeness (QED) is 0.412. The largest absolute Gasteiger partial charge is 0.357 e. The summed E-state index contributed by atoms with van der Waals surface area (Å²) in [6.45, 7) is -0.0720. The van der Waals surface area contributed by atoms with Gasteiger partial charge in [-0.25, -0.2) is 8.78 Å². The molecule has 1 N–H and O–H groups in total. The highest BCUT2D eigenvalue weighted by Gasteiger charge is 2.30. The van der Waals surface area contributed by atoms with Gasteiger partial charge in [0.15, 0.2) is 0 Å². The molecule has 0 radical (unpaired) electrons. The molecule has 0 saturated heterocycles. The van der Waals surface area contributed by atoms with Crippen molar-refractivity contribution in [2.45, 2.75) is 24.8 Å². The number of carbonyl (C=O) groups is 2. The molecule has 0 bridgehead atoms. The topological polar surface area (TPSA) is 49.4 Å². The van der Waals surface area contributed by atoms with Crippen LogP contribution in [-0.2, 0) is 28.3 Å². The van der Waals surface area contributed by atoms with Gasteiger partial charge in [0, 0.05) is 41.9 Å². The zero-order chi connectivity index (χ0) is 24.5. The Labute approximate surface area is 207 Å². The van der Waals surface area contributed by atoms with Crippen molar-refractivity contribution in [1.29, 1.82) is 0 Å². The smallest absolute Gasteiger partial charge is 0.242 e. The molecule has 0 unspecified atom stereocenters. The van der Waals surface area contributed by atoms with Gasteiger partial charge in [-0.15, -0.1) is 11.8 Å². The molecule has 0 heterocycles. The van der Waals surface area contributed by atoms with Crippen molar-refractivity contribution in [3.8, 4) is 0 Å². The molecule has 8 heteroatoms. The van der Waals surface area contributed by atoms with E-state index in [0.29, 0.717) is 11.1 Å². The Balaban J connectivity index is 1.84. The summed E-state index contributed by atoms with van der Waals surface area (Å²) in [5.41, 5.74) is 1.49. The zero-order valence-corrected chi connectivity index (χ0v) is 20.2. The summed E-state index contributed by atoms with van der Waals surface area (Å²) in [4.78, 5) is 27.6. The summed E-state index contributed by atoms with van der Waals surface area (Å²) in [7, 11) is 1.50. The molecule has 0 saturated carbocycles. The van der Waals surface area contributed by atoms with Crippen molar-refractivity contribution < 1.29 is 18.4 Å². The standard InChI is InChI=1S/C26H25ClF2N2O2S/c1-30-26(33)24(14-18-8-3-2-4-9-18)31(15-19-10-5-6-12-22(19)28)25(32)17-34-16-20-21(27)11-7-13-23(20)29/h2-13,24H,14-17H2,1H3,(H,30,33)/t24-/m1/s1. The van der Waals surface area contributed by atoms with Crippen LogP contribution in [-0.4, -0.2) is 35.6 Å². The van der Waals surface area contributed by atoms with Crippen LogP contribution < -0.4 is 5.32 Å². The highest BCUT2D eigenvalue weighted by atomic mass is 35.5. The van der Waals surface area contributed by atoms with E-state index in [1.165, 1.54) is 41.9 Å². The predicted octanol–water partition coefficient (Wildman–Crippen LogP) is 5.24. The first-order valence-electron chi connectivity index (χ1n) is 10.7. The molecule has 34 heavy (non-hydrogen) atoms. The third-order valence-electron chi connectivity index (χ3n) is 5.35. The minimum atomic E-state index is -0.850. The second-order valence-electron chi connectivity index (χ2n) is 7.63. The predicted molar refractivity (Wildman–Crippen MR) is 133 cm³/mol. The molecule has 0 aliphatic carbocycles. The van der Waals surface area contributed by atoms with Crippen molar-refractivity contribution in [3.05, 3.63) is 106 Å². The summed E-state index contributed by atoms with van der Waals surface area (Å²) in [6.07, 6.45) is 0.268. The molecule has 4 nitrogen and oxygen atoms in total. The summed E-state index contributed by atoms with van der Waals surface area (Å²) in [5, 5.41) is 2.91. The van der Waals surface area contributed by atoms with Crippen LogP contribution in [0.3, 0.4) is 0 Å². The highest BCUT2D eigenvalue weighted by molar-refractivity contribution is 7.99. The number of nitrogens with zero attached hydrogens (tertiary/aromatic N) is 1. The molecular weight excluding hydrogens is 478 g/mol. The highest BCUT2D eigenvalue weighted by Crippen LogP contribution is 2.25. The maximum atomic E-state index is 14.4. The van der Waals surface area contributed by atoms with Gasteiger partial charge in [0.05, 0.1) is 5.75 Å². The maximum Gasteiger partial charge on any atom is 0.242 e. The molecule has 3 aromatic carbocycles. The van der Waals surface area contributed by atoms with Gasteiger partial charge in [0.2, 0.25) is 11.8 Å². The van der Waals surface area contributed by atoms with Gasteiger partial charge in [0.1, 0.15) is 17.7 Å². The van der Waals surface area contributed by atoms with Crippen LogP contribution >= 0.6 is 23.4 Å². The van der Waals surface area contributed by atoms with Crippen LogP contribution in [0.4, 0.5) is 8.78 Å². The first-order chi connectivity index (χ1) is 16.4.